The lowest BCUT2D eigenvalue weighted by Crippen LogP contribution is -2.46. The van der Waals surface area contributed by atoms with Crippen molar-refractivity contribution in [2.24, 2.45) is 11.7 Å². The molecule has 0 heterocycles. The van der Waals surface area contributed by atoms with Crippen molar-refractivity contribution >= 4 is 0 Å². The van der Waals surface area contributed by atoms with Crippen LogP contribution in [0.1, 0.15) is 32.6 Å². The molecule has 0 amide bonds. The van der Waals surface area contributed by atoms with E-state index in [1.54, 1.807) is 7.11 Å². The summed E-state index contributed by atoms with van der Waals surface area (Å²) in [6.07, 6.45) is 3.77. The molecule has 114 valence electrons. The third kappa shape index (κ3) is 6.19. The monoisotopic (exact) mass is 275 g/mol. The Morgan fingerprint density at radius 3 is 2.79 bits per heavy atom. The Hall–Kier alpha value is -0.200. The topological polar surface area (TPSA) is 73.9 Å². The molecule has 0 saturated heterocycles. The van der Waals surface area contributed by atoms with Gasteiger partial charge in [0.25, 0.3) is 0 Å². The van der Waals surface area contributed by atoms with Crippen LogP contribution in [-0.2, 0) is 14.2 Å². The molecule has 5 nitrogen and oxygen atoms in total. The summed E-state index contributed by atoms with van der Waals surface area (Å²) < 4.78 is 16.1. The molecule has 5 heteroatoms. The van der Waals surface area contributed by atoms with E-state index in [0.717, 1.165) is 19.3 Å². The summed E-state index contributed by atoms with van der Waals surface area (Å²) in [6, 6.07) is 0. The van der Waals surface area contributed by atoms with Crippen LogP contribution in [0.25, 0.3) is 0 Å². The molecular formula is C14H29NO4. The van der Waals surface area contributed by atoms with Gasteiger partial charge in [0, 0.05) is 13.7 Å². The Balaban J connectivity index is 2.24. The molecule has 1 aliphatic rings. The van der Waals surface area contributed by atoms with E-state index in [9.17, 15) is 5.11 Å². The van der Waals surface area contributed by atoms with Crippen molar-refractivity contribution in [2.75, 3.05) is 40.1 Å². The number of aliphatic hydroxyl groups excluding tert-OH is 1. The van der Waals surface area contributed by atoms with Crippen LogP contribution in [0.2, 0.25) is 0 Å². The van der Waals surface area contributed by atoms with Gasteiger partial charge >= 0.3 is 0 Å². The zero-order chi connectivity index (χ0) is 14.1. The van der Waals surface area contributed by atoms with E-state index in [4.69, 9.17) is 19.9 Å². The molecule has 3 N–H and O–H groups in total. The van der Waals surface area contributed by atoms with E-state index in [1.807, 2.05) is 0 Å². The van der Waals surface area contributed by atoms with Crippen LogP contribution in [0.5, 0.6) is 0 Å². The Kier molecular flexibility index (Phi) is 7.87. The molecule has 3 unspecified atom stereocenters. The average Bonchev–Trinajstić information content (AvgIpc) is 2.41. The molecule has 0 aromatic carbocycles. The average molecular weight is 275 g/mol. The zero-order valence-electron chi connectivity index (χ0n) is 12.3. The molecule has 0 bridgehead atoms. The van der Waals surface area contributed by atoms with Gasteiger partial charge in [-0.1, -0.05) is 19.8 Å². The van der Waals surface area contributed by atoms with E-state index < -0.39 is 6.10 Å². The van der Waals surface area contributed by atoms with E-state index in [2.05, 4.69) is 6.92 Å². The van der Waals surface area contributed by atoms with Crippen molar-refractivity contribution in [3.63, 3.8) is 0 Å². The Labute approximate surface area is 116 Å². The smallest absolute Gasteiger partial charge is 0.101 e. The van der Waals surface area contributed by atoms with Crippen molar-refractivity contribution in [3.05, 3.63) is 0 Å². The largest absolute Gasteiger partial charge is 0.388 e. The highest BCUT2D eigenvalue weighted by molar-refractivity contribution is 4.88. The summed E-state index contributed by atoms with van der Waals surface area (Å²) in [5, 5.41) is 9.82. The number of hydrogen-bond donors (Lipinski definition) is 2. The van der Waals surface area contributed by atoms with E-state index in [0.29, 0.717) is 25.7 Å². The van der Waals surface area contributed by atoms with Crippen LogP contribution in [-0.4, -0.2) is 56.9 Å². The van der Waals surface area contributed by atoms with Crippen LogP contribution < -0.4 is 5.73 Å². The van der Waals surface area contributed by atoms with Gasteiger partial charge in [0.2, 0.25) is 0 Å². The fourth-order valence-electron chi connectivity index (χ4n) is 2.67. The quantitative estimate of drug-likeness (QED) is 0.613. The minimum absolute atomic E-state index is 0.245. The van der Waals surface area contributed by atoms with Gasteiger partial charge < -0.3 is 25.1 Å². The fourth-order valence-corrected chi connectivity index (χ4v) is 2.67. The van der Waals surface area contributed by atoms with Crippen molar-refractivity contribution in [1.82, 2.24) is 0 Å². The van der Waals surface area contributed by atoms with Gasteiger partial charge in [0.05, 0.1) is 32.0 Å². The SMILES string of the molecule is COCCOCC(O)COC1(CN)CCCC(C)C1. The lowest BCUT2D eigenvalue weighted by Gasteiger charge is -2.39. The Bertz CT molecular complexity index is 239. The van der Waals surface area contributed by atoms with Gasteiger partial charge in [-0.3, -0.25) is 0 Å². The van der Waals surface area contributed by atoms with Crippen LogP contribution in [0.4, 0.5) is 0 Å². The van der Waals surface area contributed by atoms with E-state index in [1.165, 1.54) is 6.42 Å². The summed E-state index contributed by atoms with van der Waals surface area (Å²) in [7, 11) is 1.62. The molecule has 1 rings (SSSR count). The highest BCUT2D eigenvalue weighted by atomic mass is 16.5. The molecular weight excluding hydrogens is 246 g/mol. The standard InChI is InChI=1S/C14H29NO4/c1-12-4-3-5-14(8-12,11-15)19-10-13(16)9-18-7-6-17-2/h12-13,16H,3-11,15H2,1-2H3. The maximum atomic E-state index is 9.82. The Morgan fingerprint density at radius 2 is 2.16 bits per heavy atom. The van der Waals surface area contributed by atoms with Crippen LogP contribution >= 0.6 is 0 Å². The summed E-state index contributed by atoms with van der Waals surface area (Å²) in [5.74, 6) is 0.646. The Morgan fingerprint density at radius 1 is 1.37 bits per heavy atom. The maximum Gasteiger partial charge on any atom is 0.101 e. The van der Waals surface area contributed by atoms with Crippen molar-refractivity contribution in [3.8, 4) is 0 Å². The molecule has 0 aromatic heterocycles. The third-order valence-corrected chi connectivity index (χ3v) is 3.75. The number of aliphatic hydroxyl groups is 1. The molecule has 1 fully saturated rings. The molecule has 0 aromatic rings. The van der Waals surface area contributed by atoms with Crippen LogP contribution in [0, 0.1) is 5.92 Å². The zero-order valence-corrected chi connectivity index (χ0v) is 12.3. The van der Waals surface area contributed by atoms with E-state index >= 15 is 0 Å². The normalized spacial score (nSPS) is 29.4. The lowest BCUT2D eigenvalue weighted by atomic mass is 9.79. The van der Waals surface area contributed by atoms with Gasteiger partial charge in [-0.2, -0.15) is 0 Å². The number of nitrogens with two attached hydrogens (primary N) is 1. The van der Waals surface area contributed by atoms with Crippen LogP contribution in [0.15, 0.2) is 0 Å². The molecule has 1 aliphatic carbocycles. The molecule has 0 spiro atoms. The van der Waals surface area contributed by atoms with Crippen molar-refractivity contribution in [1.29, 1.82) is 0 Å². The first kappa shape index (κ1) is 16.9. The second-order valence-corrected chi connectivity index (χ2v) is 5.62. The highest BCUT2D eigenvalue weighted by Gasteiger charge is 2.35. The van der Waals surface area contributed by atoms with Gasteiger partial charge in [-0.15, -0.1) is 0 Å². The summed E-state index contributed by atoms with van der Waals surface area (Å²) in [5.41, 5.74) is 5.63. The molecule has 0 aliphatic heterocycles. The number of ether oxygens (including phenoxy) is 3. The number of hydrogen-bond acceptors (Lipinski definition) is 5. The van der Waals surface area contributed by atoms with Gasteiger partial charge in [-0.05, 0) is 18.8 Å². The fraction of sp³-hybridized carbons (Fsp3) is 1.00. The van der Waals surface area contributed by atoms with Crippen molar-refractivity contribution in [2.45, 2.75) is 44.3 Å². The minimum Gasteiger partial charge on any atom is -0.388 e. The minimum atomic E-state index is -0.600. The first-order valence-electron chi connectivity index (χ1n) is 7.20. The number of methoxy groups -OCH3 is 1. The molecule has 0 radical (unpaired) electrons. The summed E-state index contributed by atoms with van der Waals surface area (Å²) >= 11 is 0. The highest BCUT2D eigenvalue weighted by Crippen LogP contribution is 2.34. The third-order valence-electron chi connectivity index (χ3n) is 3.75. The maximum absolute atomic E-state index is 9.82. The van der Waals surface area contributed by atoms with Gasteiger partial charge in [0.1, 0.15) is 6.10 Å². The van der Waals surface area contributed by atoms with Gasteiger partial charge in [-0.25, -0.2) is 0 Å². The van der Waals surface area contributed by atoms with Crippen molar-refractivity contribution < 1.29 is 19.3 Å². The lowest BCUT2D eigenvalue weighted by molar-refractivity contribution is -0.114. The molecule has 3 atom stereocenters. The van der Waals surface area contributed by atoms with E-state index in [-0.39, 0.29) is 18.8 Å². The summed E-state index contributed by atoms with van der Waals surface area (Å²) in [4.78, 5) is 0. The number of rotatable bonds is 9. The second-order valence-electron chi connectivity index (χ2n) is 5.62. The molecule has 19 heavy (non-hydrogen) atoms. The molecule has 1 saturated carbocycles. The predicted octanol–water partition coefficient (Wildman–Crippen LogP) is 0.935. The van der Waals surface area contributed by atoms with Crippen LogP contribution in [0.3, 0.4) is 0 Å². The second kappa shape index (κ2) is 8.87. The van der Waals surface area contributed by atoms with Gasteiger partial charge in [0.15, 0.2) is 0 Å². The first-order chi connectivity index (χ1) is 9.12. The predicted molar refractivity (Wildman–Crippen MR) is 74.1 cm³/mol. The first-order valence-corrected chi connectivity index (χ1v) is 7.20. The summed E-state index contributed by atoms with van der Waals surface area (Å²) in [6.45, 7) is 4.35.